The molecule has 1 aromatic heterocycles. The Bertz CT molecular complexity index is 1210. The summed E-state index contributed by atoms with van der Waals surface area (Å²) in [5.41, 5.74) is 2.08. The highest BCUT2D eigenvalue weighted by atomic mass is 32.2. The van der Waals surface area contributed by atoms with E-state index in [1.54, 1.807) is 4.90 Å². The number of amides is 1. The van der Waals surface area contributed by atoms with Crippen LogP contribution in [0.1, 0.15) is 39.2 Å². The van der Waals surface area contributed by atoms with Crippen molar-refractivity contribution < 1.29 is 17.6 Å². The molecule has 2 aromatic carbocycles. The molecular weight excluding hydrogens is 473 g/mol. The summed E-state index contributed by atoms with van der Waals surface area (Å²) >= 11 is 1.49. The van der Waals surface area contributed by atoms with Gasteiger partial charge in [0.25, 0.3) is 0 Å². The van der Waals surface area contributed by atoms with E-state index in [1.807, 2.05) is 12.1 Å². The van der Waals surface area contributed by atoms with Crippen molar-refractivity contribution in [3.8, 4) is 0 Å². The van der Waals surface area contributed by atoms with Gasteiger partial charge in [-0.1, -0.05) is 38.2 Å². The molecule has 0 saturated carbocycles. The van der Waals surface area contributed by atoms with Gasteiger partial charge in [0, 0.05) is 19.5 Å². The number of benzene rings is 2. The monoisotopic (exact) mass is 505 g/mol. The maximum absolute atomic E-state index is 13.2. The Kier molecular flexibility index (Phi) is 9.16. The van der Waals surface area contributed by atoms with Crippen LogP contribution in [0, 0.1) is 5.82 Å². The maximum Gasteiger partial charge on any atom is 0.228 e. The molecule has 0 bridgehead atoms. The van der Waals surface area contributed by atoms with Crippen molar-refractivity contribution in [2.75, 3.05) is 36.8 Å². The largest absolute Gasteiger partial charge is 0.302 e. The molecule has 0 fully saturated rings. The molecule has 1 amide bonds. The molecule has 34 heavy (non-hydrogen) atoms. The summed E-state index contributed by atoms with van der Waals surface area (Å²) in [6.45, 7) is 9.24. The van der Waals surface area contributed by atoms with Crippen LogP contribution < -0.4 is 4.90 Å². The van der Waals surface area contributed by atoms with Gasteiger partial charge in [-0.15, -0.1) is 0 Å². The molecule has 0 radical (unpaired) electrons. The van der Waals surface area contributed by atoms with E-state index in [9.17, 15) is 17.6 Å². The van der Waals surface area contributed by atoms with Gasteiger partial charge in [-0.05, 0) is 67.9 Å². The third-order valence-corrected chi connectivity index (χ3v) is 8.75. The van der Waals surface area contributed by atoms with E-state index in [2.05, 4.69) is 31.7 Å². The number of fused-ring (bicyclic) bond motifs is 1. The van der Waals surface area contributed by atoms with Gasteiger partial charge >= 0.3 is 0 Å². The fourth-order valence-electron chi connectivity index (χ4n) is 3.71. The van der Waals surface area contributed by atoms with Gasteiger partial charge in [0.1, 0.15) is 5.82 Å². The van der Waals surface area contributed by atoms with Gasteiger partial charge in [0.2, 0.25) is 5.91 Å². The lowest BCUT2D eigenvalue weighted by atomic mass is 10.2. The summed E-state index contributed by atoms with van der Waals surface area (Å²) in [5.74, 6) is -0.801. The molecule has 0 saturated heterocycles. The van der Waals surface area contributed by atoms with E-state index in [-0.39, 0.29) is 29.4 Å². The minimum Gasteiger partial charge on any atom is -0.302 e. The Morgan fingerprint density at radius 1 is 1.03 bits per heavy atom. The van der Waals surface area contributed by atoms with Crippen molar-refractivity contribution in [3.63, 3.8) is 0 Å². The van der Waals surface area contributed by atoms with E-state index in [0.717, 1.165) is 41.9 Å². The number of anilines is 1. The quantitative estimate of drug-likeness (QED) is 0.327. The number of hydrogen-bond acceptors (Lipinski definition) is 6. The molecule has 3 rings (SSSR count). The first-order valence-corrected chi connectivity index (χ1v) is 14.1. The van der Waals surface area contributed by atoms with Crippen LogP contribution in [-0.2, 0) is 21.1 Å². The number of likely N-dealkylation sites (N-methyl/N-ethyl adjacent to an activating group) is 1. The first-order valence-electron chi connectivity index (χ1n) is 11.7. The van der Waals surface area contributed by atoms with Crippen molar-refractivity contribution in [3.05, 3.63) is 53.8 Å². The molecule has 0 aliphatic heterocycles. The zero-order valence-corrected chi connectivity index (χ0v) is 21.6. The number of rotatable bonds is 12. The summed E-state index contributed by atoms with van der Waals surface area (Å²) in [5, 5.41) is 0.641. The Morgan fingerprint density at radius 2 is 1.74 bits per heavy atom. The van der Waals surface area contributed by atoms with E-state index >= 15 is 0 Å². The number of thiazole rings is 1. The van der Waals surface area contributed by atoms with Crippen LogP contribution in [0.3, 0.4) is 0 Å². The smallest absolute Gasteiger partial charge is 0.228 e. The fraction of sp³-hybridized carbons (Fsp3) is 0.440. The van der Waals surface area contributed by atoms with Gasteiger partial charge in [0.05, 0.1) is 20.9 Å². The van der Waals surface area contributed by atoms with Crippen molar-refractivity contribution >= 4 is 42.4 Å². The highest BCUT2D eigenvalue weighted by molar-refractivity contribution is 7.91. The summed E-state index contributed by atoms with van der Waals surface area (Å²) in [7, 11) is -3.58. The van der Waals surface area contributed by atoms with Crippen molar-refractivity contribution in [1.82, 2.24) is 9.88 Å². The summed E-state index contributed by atoms with van der Waals surface area (Å²) < 4.78 is 39.3. The average Bonchev–Trinajstić information content (AvgIpc) is 3.24. The summed E-state index contributed by atoms with van der Waals surface area (Å²) in [4.78, 5) is 21.9. The topological polar surface area (TPSA) is 70.6 Å². The van der Waals surface area contributed by atoms with Crippen molar-refractivity contribution in [2.24, 2.45) is 0 Å². The van der Waals surface area contributed by atoms with E-state index in [4.69, 9.17) is 4.98 Å². The van der Waals surface area contributed by atoms with Gasteiger partial charge < -0.3 is 4.90 Å². The molecule has 184 valence electrons. The lowest BCUT2D eigenvalue weighted by molar-refractivity contribution is -0.118. The lowest BCUT2D eigenvalue weighted by Crippen LogP contribution is -2.38. The van der Waals surface area contributed by atoms with Crippen molar-refractivity contribution in [2.45, 2.75) is 44.9 Å². The van der Waals surface area contributed by atoms with E-state index in [0.29, 0.717) is 18.2 Å². The zero-order valence-electron chi connectivity index (χ0n) is 20.0. The fourth-order valence-corrected chi connectivity index (χ4v) is 6.09. The predicted molar refractivity (Wildman–Crippen MR) is 137 cm³/mol. The Balaban J connectivity index is 1.74. The Hall–Kier alpha value is -2.36. The van der Waals surface area contributed by atoms with Crippen LogP contribution in [0.15, 0.2) is 47.4 Å². The molecule has 0 aliphatic rings. The molecule has 0 spiro atoms. The molecule has 0 N–H and O–H groups in total. The first kappa shape index (κ1) is 26.2. The number of nitrogens with zero attached hydrogens (tertiary/aromatic N) is 3. The lowest BCUT2D eigenvalue weighted by Gasteiger charge is -2.24. The van der Waals surface area contributed by atoms with Crippen LogP contribution in [0.5, 0.6) is 0 Å². The highest BCUT2D eigenvalue weighted by Gasteiger charge is 2.22. The van der Waals surface area contributed by atoms with Crippen LogP contribution in [0.25, 0.3) is 10.2 Å². The number of carbonyl (C=O) groups excluding carboxylic acids is 1. The second-order valence-electron chi connectivity index (χ2n) is 8.10. The molecular formula is C25H32FN3O3S2. The second-order valence-corrected chi connectivity index (χ2v) is 11.2. The molecule has 1 heterocycles. The zero-order chi connectivity index (χ0) is 24.7. The number of aromatic nitrogens is 1. The molecule has 3 aromatic rings. The second kappa shape index (κ2) is 11.9. The molecule has 9 heteroatoms. The number of halogens is 1. The molecule has 0 atom stereocenters. The minimum absolute atomic E-state index is 0.0673. The van der Waals surface area contributed by atoms with Crippen LogP contribution in [-0.4, -0.2) is 56.1 Å². The van der Waals surface area contributed by atoms with Gasteiger partial charge in [-0.2, -0.15) is 0 Å². The van der Waals surface area contributed by atoms with Crippen LogP contribution >= 0.6 is 11.3 Å². The van der Waals surface area contributed by atoms with Gasteiger partial charge in [-0.25, -0.2) is 17.8 Å². The summed E-state index contributed by atoms with van der Waals surface area (Å²) in [6.07, 6.45) is 1.20. The summed E-state index contributed by atoms with van der Waals surface area (Å²) in [6, 6.07) is 10.9. The van der Waals surface area contributed by atoms with E-state index in [1.165, 1.54) is 29.0 Å². The average molecular weight is 506 g/mol. The van der Waals surface area contributed by atoms with Crippen LogP contribution in [0.4, 0.5) is 9.52 Å². The number of carbonyl (C=O) groups is 1. The standard InChI is InChI=1S/C25H32FN3O3S2/c1-4-19-9-14-22-23(18-19)33-25(27-22)29(16-15-28(5-2)6-3)24(30)8-7-17-34(31,32)21-12-10-20(26)11-13-21/h9-14,18H,4-8,15-17H2,1-3H3. The van der Waals surface area contributed by atoms with Crippen LogP contribution in [0.2, 0.25) is 0 Å². The molecule has 0 aliphatic carbocycles. The minimum atomic E-state index is -3.58. The molecule has 6 nitrogen and oxygen atoms in total. The van der Waals surface area contributed by atoms with Gasteiger partial charge in [0.15, 0.2) is 15.0 Å². The third kappa shape index (κ3) is 6.61. The maximum atomic E-state index is 13.2. The predicted octanol–water partition coefficient (Wildman–Crippen LogP) is 4.93. The third-order valence-electron chi connectivity index (χ3n) is 5.89. The first-order chi connectivity index (χ1) is 16.3. The van der Waals surface area contributed by atoms with E-state index < -0.39 is 15.7 Å². The highest BCUT2D eigenvalue weighted by Crippen LogP contribution is 2.30. The normalized spacial score (nSPS) is 11.9. The number of aryl methyl sites for hydroxylation is 1. The number of sulfone groups is 1. The van der Waals surface area contributed by atoms with Gasteiger partial charge in [-0.3, -0.25) is 9.69 Å². The Labute approximate surface area is 205 Å². The van der Waals surface area contributed by atoms with Crippen molar-refractivity contribution in [1.29, 1.82) is 0 Å². The number of hydrogen-bond donors (Lipinski definition) is 0. The Morgan fingerprint density at radius 3 is 2.38 bits per heavy atom. The molecule has 0 unspecified atom stereocenters. The SMILES string of the molecule is CCc1ccc2nc(N(CCN(CC)CC)C(=O)CCCS(=O)(=O)c3ccc(F)cc3)sc2c1.